The maximum atomic E-state index is 13.1. The molecule has 0 aliphatic carbocycles. The van der Waals surface area contributed by atoms with Gasteiger partial charge in [0.1, 0.15) is 0 Å². The normalized spacial score (nSPS) is 21.2. The molecule has 2 aromatic rings. The Kier molecular flexibility index (Phi) is 6.27. The van der Waals surface area contributed by atoms with Crippen LogP contribution in [0.1, 0.15) is 61.5 Å². The van der Waals surface area contributed by atoms with Crippen LogP contribution in [0.15, 0.2) is 23.6 Å². The third-order valence-electron chi connectivity index (χ3n) is 6.57. The number of aromatic nitrogens is 1. The standard InChI is InChI=1S/C24H28N4O4S/c1-2-21-25-17(15-33-21)13-26-7-9-27(10-8-26)22(29)16-5-6-19-20(12-16)24(31)28(23(19)30)14-18-4-3-11-32-18/h5-6,12,15,18H,2-4,7-11,13-14H2,1H3. The Morgan fingerprint density at radius 1 is 1.15 bits per heavy atom. The number of amides is 3. The van der Waals surface area contributed by atoms with Crippen molar-refractivity contribution in [1.82, 2.24) is 19.7 Å². The van der Waals surface area contributed by atoms with Gasteiger partial charge in [-0.15, -0.1) is 11.3 Å². The zero-order valence-electron chi connectivity index (χ0n) is 18.8. The summed E-state index contributed by atoms with van der Waals surface area (Å²) in [4.78, 5) is 48.8. The minimum Gasteiger partial charge on any atom is -0.376 e. The Morgan fingerprint density at radius 2 is 1.94 bits per heavy atom. The smallest absolute Gasteiger partial charge is 0.261 e. The monoisotopic (exact) mass is 468 g/mol. The highest BCUT2D eigenvalue weighted by atomic mass is 32.1. The maximum Gasteiger partial charge on any atom is 0.261 e. The first kappa shape index (κ1) is 22.2. The zero-order valence-corrected chi connectivity index (χ0v) is 19.6. The Balaban J connectivity index is 1.21. The predicted molar refractivity (Wildman–Crippen MR) is 123 cm³/mol. The van der Waals surface area contributed by atoms with E-state index in [-0.39, 0.29) is 30.4 Å². The molecule has 1 atom stereocenters. The Hall–Kier alpha value is -2.62. The molecule has 2 saturated heterocycles. The van der Waals surface area contributed by atoms with Gasteiger partial charge >= 0.3 is 0 Å². The molecule has 1 aromatic heterocycles. The minimum atomic E-state index is -0.334. The third kappa shape index (κ3) is 4.45. The molecule has 0 N–H and O–H groups in total. The molecule has 174 valence electrons. The second-order valence-electron chi connectivity index (χ2n) is 8.77. The molecule has 8 nitrogen and oxygen atoms in total. The zero-order chi connectivity index (χ0) is 22.9. The molecule has 33 heavy (non-hydrogen) atoms. The molecule has 1 aromatic carbocycles. The Morgan fingerprint density at radius 3 is 2.64 bits per heavy atom. The van der Waals surface area contributed by atoms with Gasteiger partial charge in [0, 0.05) is 50.3 Å². The molecule has 0 radical (unpaired) electrons. The van der Waals surface area contributed by atoms with Crippen LogP contribution in [0.5, 0.6) is 0 Å². The van der Waals surface area contributed by atoms with Gasteiger partial charge in [0.2, 0.25) is 0 Å². The number of carbonyl (C=O) groups excluding carboxylic acids is 3. The van der Waals surface area contributed by atoms with Gasteiger partial charge in [-0.05, 0) is 37.5 Å². The summed E-state index contributed by atoms with van der Waals surface area (Å²) in [5.41, 5.74) is 2.23. The van der Waals surface area contributed by atoms with Crippen LogP contribution in [0.4, 0.5) is 0 Å². The number of fused-ring (bicyclic) bond motifs is 1. The average molecular weight is 469 g/mol. The lowest BCUT2D eigenvalue weighted by atomic mass is 10.0. The number of rotatable bonds is 6. The number of hydrogen-bond acceptors (Lipinski definition) is 7. The summed E-state index contributed by atoms with van der Waals surface area (Å²) in [6, 6.07) is 4.86. The van der Waals surface area contributed by atoms with E-state index in [1.807, 2.05) is 4.90 Å². The number of carbonyl (C=O) groups is 3. The van der Waals surface area contributed by atoms with E-state index in [0.29, 0.717) is 36.4 Å². The van der Waals surface area contributed by atoms with Crippen LogP contribution < -0.4 is 0 Å². The van der Waals surface area contributed by atoms with E-state index in [1.54, 1.807) is 29.5 Å². The fraction of sp³-hybridized carbons (Fsp3) is 0.500. The highest BCUT2D eigenvalue weighted by Gasteiger charge is 2.38. The Labute approximate surface area is 197 Å². The quantitative estimate of drug-likeness (QED) is 0.606. The molecule has 9 heteroatoms. The predicted octanol–water partition coefficient (Wildman–Crippen LogP) is 2.44. The molecule has 3 aliphatic heterocycles. The summed E-state index contributed by atoms with van der Waals surface area (Å²) < 4.78 is 5.59. The van der Waals surface area contributed by atoms with Crippen molar-refractivity contribution in [3.05, 3.63) is 51.0 Å². The first-order valence-electron chi connectivity index (χ1n) is 11.6. The fourth-order valence-electron chi connectivity index (χ4n) is 4.69. The molecule has 4 heterocycles. The van der Waals surface area contributed by atoms with E-state index in [1.165, 1.54) is 4.90 Å². The van der Waals surface area contributed by atoms with Crippen molar-refractivity contribution in [3.8, 4) is 0 Å². The lowest BCUT2D eigenvalue weighted by Crippen LogP contribution is -2.48. The SMILES string of the molecule is CCc1nc(CN2CCN(C(=O)c3ccc4c(c3)C(=O)N(CC3CCCO3)C4=O)CC2)cs1. The van der Waals surface area contributed by atoms with Gasteiger partial charge in [-0.25, -0.2) is 4.98 Å². The molecule has 5 rings (SSSR count). The van der Waals surface area contributed by atoms with Gasteiger partial charge in [-0.3, -0.25) is 24.2 Å². The fourth-order valence-corrected chi connectivity index (χ4v) is 5.42. The topological polar surface area (TPSA) is 83.1 Å². The van der Waals surface area contributed by atoms with Crippen molar-refractivity contribution in [2.45, 2.75) is 38.8 Å². The van der Waals surface area contributed by atoms with Crippen LogP contribution in [-0.4, -0.2) is 82.8 Å². The van der Waals surface area contributed by atoms with E-state index < -0.39 is 0 Å². The maximum absolute atomic E-state index is 13.1. The molecule has 2 fully saturated rings. The number of ether oxygens (including phenoxy) is 1. The van der Waals surface area contributed by atoms with Gasteiger partial charge in [0.05, 0.1) is 34.5 Å². The molecule has 0 spiro atoms. The van der Waals surface area contributed by atoms with E-state index in [9.17, 15) is 14.4 Å². The highest BCUT2D eigenvalue weighted by Crippen LogP contribution is 2.27. The number of piperazine rings is 1. The highest BCUT2D eigenvalue weighted by molar-refractivity contribution is 7.09. The molecular weight excluding hydrogens is 440 g/mol. The lowest BCUT2D eigenvalue weighted by molar-refractivity contribution is 0.0475. The summed E-state index contributed by atoms with van der Waals surface area (Å²) in [5, 5.41) is 3.26. The number of hydrogen-bond donors (Lipinski definition) is 0. The second-order valence-corrected chi connectivity index (χ2v) is 9.71. The van der Waals surface area contributed by atoms with Crippen molar-refractivity contribution in [3.63, 3.8) is 0 Å². The summed E-state index contributed by atoms with van der Waals surface area (Å²) in [6.45, 7) is 6.66. The lowest BCUT2D eigenvalue weighted by Gasteiger charge is -2.34. The van der Waals surface area contributed by atoms with Gasteiger partial charge in [0.15, 0.2) is 0 Å². The molecule has 0 bridgehead atoms. The molecule has 1 unspecified atom stereocenters. The first-order valence-corrected chi connectivity index (χ1v) is 12.5. The summed E-state index contributed by atoms with van der Waals surface area (Å²) in [7, 11) is 0. The number of nitrogens with zero attached hydrogens (tertiary/aromatic N) is 4. The average Bonchev–Trinajstić information content (AvgIpc) is 3.57. The van der Waals surface area contributed by atoms with Crippen molar-refractivity contribution in [2.75, 3.05) is 39.3 Å². The van der Waals surface area contributed by atoms with E-state index in [2.05, 4.69) is 22.2 Å². The number of imide groups is 1. The summed E-state index contributed by atoms with van der Waals surface area (Å²) in [5.74, 6) is -0.733. The van der Waals surface area contributed by atoms with Gasteiger partial charge < -0.3 is 9.64 Å². The van der Waals surface area contributed by atoms with Crippen LogP contribution >= 0.6 is 11.3 Å². The van der Waals surface area contributed by atoms with Crippen molar-refractivity contribution < 1.29 is 19.1 Å². The molecule has 3 amide bonds. The third-order valence-corrected chi connectivity index (χ3v) is 7.62. The van der Waals surface area contributed by atoms with E-state index in [0.717, 1.165) is 49.6 Å². The molecule has 0 saturated carbocycles. The van der Waals surface area contributed by atoms with Crippen molar-refractivity contribution >= 4 is 29.1 Å². The number of thiazole rings is 1. The second kappa shape index (κ2) is 9.32. The molecule has 3 aliphatic rings. The molecular formula is C24H28N4O4S. The van der Waals surface area contributed by atoms with E-state index in [4.69, 9.17) is 4.74 Å². The minimum absolute atomic E-state index is 0.0950. The van der Waals surface area contributed by atoms with Crippen LogP contribution in [0, 0.1) is 0 Å². The van der Waals surface area contributed by atoms with Crippen molar-refractivity contribution in [1.29, 1.82) is 0 Å². The van der Waals surface area contributed by atoms with Gasteiger partial charge in [-0.2, -0.15) is 0 Å². The van der Waals surface area contributed by atoms with Crippen LogP contribution in [0.2, 0.25) is 0 Å². The van der Waals surface area contributed by atoms with Crippen LogP contribution in [0.3, 0.4) is 0 Å². The number of benzene rings is 1. The van der Waals surface area contributed by atoms with Crippen LogP contribution in [-0.2, 0) is 17.7 Å². The summed E-state index contributed by atoms with van der Waals surface area (Å²) in [6.07, 6.45) is 2.66. The van der Waals surface area contributed by atoms with Crippen molar-refractivity contribution in [2.24, 2.45) is 0 Å². The van der Waals surface area contributed by atoms with Crippen LogP contribution in [0.25, 0.3) is 0 Å². The number of aryl methyl sites for hydroxylation is 1. The van der Waals surface area contributed by atoms with Gasteiger partial charge in [0.25, 0.3) is 17.7 Å². The summed E-state index contributed by atoms with van der Waals surface area (Å²) >= 11 is 1.70. The first-order chi connectivity index (χ1) is 16.0. The Bertz CT molecular complexity index is 1070. The van der Waals surface area contributed by atoms with Gasteiger partial charge in [-0.1, -0.05) is 6.92 Å². The van der Waals surface area contributed by atoms with E-state index >= 15 is 0 Å². The largest absolute Gasteiger partial charge is 0.376 e.